The Balaban J connectivity index is 1.59. The van der Waals surface area contributed by atoms with E-state index >= 15 is 0 Å². The average Bonchev–Trinajstić information content (AvgIpc) is 3.25. The van der Waals surface area contributed by atoms with E-state index in [-0.39, 0.29) is 43.0 Å². The Bertz CT molecular complexity index is 1130. The maximum absolute atomic E-state index is 14.2. The number of likely N-dealkylation sites (tertiary alicyclic amines) is 1. The third kappa shape index (κ3) is 5.06. The fourth-order valence-electron chi connectivity index (χ4n) is 4.75. The molecule has 2 aliphatic rings. The third-order valence-electron chi connectivity index (χ3n) is 6.72. The summed E-state index contributed by atoms with van der Waals surface area (Å²) < 4.78 is 25.7. The van der Waals surface area contributed by atoms with Gasteiger partial charge in [-0.2, -0.15) is 0 Å². The average molecular weight is 498 g/mol. The molecule has 192 valence electrons. The zero-order valence-corrected chi connectivity index (χ0v) is 20.8. The summed E-state index contributed by atoms with van der Waals surface area (Å²) in [5.41, 5.74) is -0.659. The molecule has 1 spiro atoms. The minimum atomic E-state index is -1.05. The molecule has 2 aromatic carbocycles. The van der Waals surface area contributed by atoms with E-state index in [0.29, 0.717) is 30.7 Å². The second kappa shape index (κ2) is 10.7. The highest BCUT2D eigenvalue weighted by Gasteiger charge is 2.54. The second-order valence-corrected chi connectivity index (χ2v) is 9.59. The molecule has 8 nitrogen and oxygen atoms in total. The van der Waals surface area contributed by atoms with Crippen LogP contribution in [0.1, 0.15) is 47.4 Å². The summed E-state index contributed by atoms with van der Waals surface area (Å²) in [6, 6.07) is 11.8. The Hall–Kier alpha value is -3.46. The smallest absolute Gasteiger partial charge is 0.257 e. The van der Waals surface area contributed by atoms with Crippen molar-refractivity contribution >= 4 is 17.7 Å². The highest BCUT2D eigenvalue weighted by atomic mass is 19.1. The van der Waals surface area contributed by atoms with Crippen LogP contribution in [0.15, 0.2) is 48.5 Å². The molecule has 2 aliphatic heterocycles. The van der Waals surface area contributed by atoms with Gasteiger partial charge in [0, 0.05) is 38.0 Å². The predicted octanol–water partition coefficient (Wildman–Crippen LogP) is 3.08. The van der Waals surface area contributed by atoms with Crippen LogP contribution in [0.25, 0.3) is 0 Å². The molecule has 0 aromatic heterocycles. The molecule has 2 heterocycles. The van der Waals surface area contributed by atoms with Crippen molar-refractivity contribution < 1.29 is 28.2 Å². The second-order valence-electron chi connectivity index (χ2n) is 9.59. The molecule has 0 saturated carbocycles. The molecule has 1 atom stereocenters. The van der Waals surface area contributed by atoms with Crippen LogP contribution >= 0.6 is 0 Å². The van der Waals surface area contributed by atoms with Crippen molar-refractivity contribution in [3.8, 4) is 5.75 Å². The van der Waals surface area contributed by atoms with Crippen LogP contribution in [0.3, 0.4) is 0 Å². The van der Waals surface area contributed by atoms with Crippen molar-refractivity contribution in [3.63, 3.8) is 0 Å². The molecule has 1 N–H and O–H groups in total. The van der Waals surface area contributed by atoms with Crippen molar-refractivity contribution in [3.05, 3.63) is 65.5 Å². The van der Waals surface area contributed by atoms with E-state index in [9.17, 15) is 18.8 Å². The number of carbonyl (C=O) groups excluding carboxylic acids is 3. The topological polar surface area (TPSA) is 88.2 Å². The Kier molecular flexibility index (Phi) is 7.59. The van der Waals surface area contributed by atoms with E-state index in [1.54, 1.807) is 35.2 Å². The Morgan fingerprint density at radius 2 is 1.83 bits per heavy atom. The quantitative estimate of drug-likeness (QED) is 0.663. The number of nitrogens with zero attached hydrogens (tertiary/aromatic N) is 2. The van der Waals surface area contributed by atoms with Gasteiger partial charge in [-0.3, -0.25) is 19.3 Å². The van der Waals surface area contributed by atoms with E-state index in [4.69, 9.17) is 9.47 Å². The van der Waals surface area contributed by atoms with E-state index in [1.165, 1.54) is 30.2 Å². The van der Waals surface area contributed by atoms with E-state index in [1.807, 2.05) is 13.8 Å². The molecule has 0 aliphatic carbocycles. The lowest BCUT2D eigenvalue weighted by atomic mass is 9.96. The summed E-state index contributed by atoms with van der Waals surface area (Å²) in [5.74, 6) is -0.817. The molecule has 0 bridgehead atoms. The van der Waals surface area contributed by atoms with Gasteiger partial charge >= 0.3 is 0 Å². The number of benzene rings is 2. The first kappa shape index (κ1) is 25.6. The first-order chi connectivity index (χ1) is 17.3. The molecule has 0 radical (unpaired) electrons. The molecule has 3 amide bonds. The van der Waals surface area contributed by atoms with Gasteiger partial charge in [0.2, 0.25) is 5.91 Å². The Morgan fingerprint density at radius 1 is 1.11 bits per heavy atom. The lowest BCUT2D eigenvalue weighted by Crippen LogP contribution is -2.60. The van der Waals surface area contributed by atoms with Crippen LogP contribution in [-0.4, -0.2) is 72.6 Å². The van der Waals surface area contributed by atoms with Crippen LogP contribution < -0.4 is 10.1 Å². The summed E-state index contributed by atoms with van der Waals surface area (Å²) >= 11 is 0. The van der Waals surface area contributed by atoms with Gasteiger partial charge in [0.1, 0.15) is 23.3 Å². The first-order valence-corrected chi connectivity index (χ1v) is 12.2. The Labute approximate surface area is 210 Å². The molecule has 0 unspecified atom stereocenters. The first-order valence-electron chi connectivity index (χ1n) is 12.2. The fourth-order valence-corrected chi connectivity index (χ4v) is 4.75. The summed E-state index contributed by atoms with van der Waals surface area (Å²) in [4.78, 5) is 43.0. The summed E-state index contributed by atoms with van der Waals surface area (Å²) in [7, 11) is 1.52. The lowest BCUT2D eigenvalue weighted by Gasteiger charge is -2.44. The highest BCUT2D eigenvalue weighted by Crippen LogP contribution is 2.39. The predicted molar refractivity (Wildman–Crippen MR) is 131 cm³/mol. The molecule has 9 heteroatoms. The number of nitrogens with one attached hydrogen (secondary N) is 1. The number of rotatable bonds is 6. The summed E-state index contributed by atoms with van der Waals surface area (Å²) in [5, 5.41) is 2.92. The van der Waals surface area contributed by atoms with Crippen LogP contribution in [0.4, 0.5) is 4.39 Å². The number of amides is 3. The van der Waals surface area contributed by atoms with E-state index in [2.05, 4.69) is 5.32 Å². The van der Waals surface area contributed by atoms with Crippen LogP contribution in [-0.2, 0) is 9.53 Å². The maximum Gasteiger partial charge on any atom is 0.257 e. The SMILES string of the molecule is COc1cccc(C(=O)N2[C@@H](C(=O)NCC(C)C)COC23CCN(C(=O)c2ccccc2F)CC3)c1. The van der Waals surface area contributed by atoms with Gasteiger partial charge in [-0.05, 0) is 36.2 Å². The van der Waals surface area contributed by atoms with Crippen LogP contribution in [0.2, 0.25) is 0 Å². The number of halogens is 1. The minimum Gasteiger partial charge on any atom is -0.497 e. The van der Waals surface area contributed by atoms with Gasteiger partial charge in [-0.1, -0.05) is 32.0 Å². The van der Waals surface area contributed by atoms with E-state index < -0.39 is 23.5 Å². The molecular weight excluding hydrogens is 465 g/mol. The third-order valence-corrected chi connectivity index (χ3v) is 6.72. The van der Waals surface area contributed by atoms with Crippen molar-refractivity contribution in [1.29, 1.82) is 0 Å². The van der Waals surface area contributed by atoms with Gasteiger partial charge in [0.25, 0.3) is 11.8 Å². The van der Waals surface area contributed by atoms with Gasteiger partial charge in [0.05, 0.1) is 19.3 Å². The number of carbonyl (C=O) groups is 3. The Morgan fingerprint density at radius 3 is 2.50 bits per heavy atom. The van der Waals surface area contributed by atoms with Gasteiger partial charge in [-0.15, -0.1) is 0 Å². The minimum absolute atomic E-state index is 0.0102. The number of piperidine rings is 1. The zero-order chi connectivity index (χ0) is 25.9. The molecular formula is C27H32FN3O5. The van der Waals surface area contributed by atoms with Crippen molar-refractivity contribution in [2.24, 2.45) is 5.92 Å². The summed E-state index contributed by atoms with van der Waals surface area (Å²) in [6.45, 7) is 5.04. The van der Waals surface area contributed by atoms with Crippen molar-refractivity contribution in [2.45, 2.75) is 38.5 Å². The van der Waals surface area contributed by atoms with Crippen molar-refractivity contribution in [1.82, 2.24) is 15.1 Å². The van der Waals surface area contributed by atoms with Gasteiger partial charge in [0.15, 0.2) is 0 Å². The molecule has 4 rings (SSSR count). The van der Waals surface area contributed by atoms with Crippen molar-refractivity contribution in [2.75, 3.05) is 33.4 Å². The number of hydrogen-bond donors (Lipinski definition) is 1. The van der Waals surface area contributed by atoms with Crippen LogP contribution in [0, 0.1) is 11.7 Å². The van der Waals surface area contributed by atoms with Crippen LogP contribution in [0.5, 0.6) is 5.75 Å². The number of methoxy groups -OCH3 is 1. The molecule has 2 fully saturated rings. The molecule has 2 saturated heterocycles. The number of ether oxygens (including phenoxy) is 2. The highest BCUT2D eigenvalue weighted by molar-refractivity contribution is 5.99. The summed E-state index contributed by atoms with van der Waals surface area (Å²) in [6.07, 6.45) is 0.605. The molecule has 36 heavy (non-hydrogen) atoms. The zero-order valence-electron chi connectivity index (χ0n) is 20.8. The number of hydrogen-bond acceptors (Lipinski definition) is 5. The van der Waals surface area contributed by atoms with Gasteiger partial charge < -0.3 is 19.7 Å². The lowest BCUT2D eigenvalue weighted by molar-refractivity contribution is -0.128. The maximum atomic E-state index is 14.2. The fraction of sp³-hybridized carbons (Fsp3) is 0.444. The standard InChI is InChI=1S/C27H32FN3O5/c1-18(2)16-29-24(32)23-17-36-27(31(23)25(33)19-7-6-8-20(15-19)35-3)11-13-30(14-12-27)26(34)21-9-4-5-10-22(21)28/h4-10,15,18,23H,11-14,16-17H2,1-3H3,(H,29,32)/t23-/m1/s1. The molecule has 2 aromatic rings. The largest absolute Gasteiger partial charge is 0.497 e. The van der Waals surface area contributed by atoms with Gasteiger partial charge in [-0.25, -0.2) is 4.39 Å². The normalized spacial score (nSPS) is 19.0. The monoisotopic (exact) mass is 497 g/mol. The van der Waals surface area contributed by atoms with E-state index in [0.717, 1.165) is 0 Å².